The summed E-state index contributed by atoms with van der Waals surface area (Å²) in [6.07, 6.45) is 1.58. The van der Waals surface area contributed by atoms with Gasteiger partial charge in [-0.1, -0.05) is 30.3 Å². The molecule has 0 aliphatic heterocycles. The topological polar surface area (TPSA) is 84.7 Å². The third kappa shape index (κ3) is 3.96. The molecule has 144 valence electrons. The highest BCUT2D eigenvalue weighted by Gasteiger charge is 2.13. The Morgan fingerprint density at radius 2 is 1.72 bits per heavy atom. The van der Waals surface area contributed by atoms with Crippen LogP contribution in [0.1, 0.15) is 16.2 Å². The van der Waals surface area contributed by atoms with Crippen molar-refractivity contribution in [3.05, 3.63) is 90.1 Å². The molecule has 2 N–H and O–H groups in total. The smallest absolute Gasteiger partial charge is 0.276 e. The molecule has 0 radical (unpaired) electrons. The van der Waals surface area contributed by atoms with Crippen LogP contribution in [0.3, 0.4) is 0 Å². The van der Waals surface area contributed by atoms with Crippen LogP contribution >= 0.6 is 0 Å². The lowest BCUT2D eigenvalue weighted by molar-refractivity contribution is 0.102. The van der Waals surface area contributed by atoms with Crippen LogP contribution in [0, 0.1) is 12.7 Å². The molecule has 0 bridgehead atoms. The summed E-state index contributed by atoms with van der Waals surface area (Å²) in [5, 5.41) is 18.1. The van der Waals surface area contributed by atoms with Crippen LogP contribution in [0.5, 0.6) is 0 Å². The Labute approximate surface area is 166 Å². The molecule has 0 unspecified atom stereocenters. The van der Waals surface area contributed by atoms with E-state index in [1.54, 1.807) is 48.7 Å². The van der Waals surface area contributed by atoms with Gasteiger partial charge in [0.25, 0.3) is 5.91 Å². The molecular formula is C21H17FN6O. The first-order valence-electron chi connectivity index (χ1n) is 8.88. The fourth-order valence-corrected chi connectivity index (χ4v) is 2.77. The number of rotatable bonds is 5. The Bertz CT molecular complexity index is 1140. The number of amides is 1. The summed E-state index contributed by atoms with van der Waals surface area (Å²) >= 11 is 0. The SMILES string of the molecule is Cc1c(Nc2ccc(C(=O)Nc3ccccc3)nn2)cnn1-c1ccccc1F. The zero-order valence-electron chi connectivity index (χ0n) is 15.5. The standard InChI is InChI=1S/C21H17FN6O/c1-14-18(13-23-28(14)19-10-6-5-9-16(19)22)25-20-12-11-17(26-27-20)21(29)24-15-7-3-2-4-8-15/h2-13H,1H3,(H,24,29)(H,25,27). The molecule has 2 aromatic carbocycles. The van der Waals surface area contributed by atoms with Crippen molar-refractivity contribution in [1.82, 2.24) is 20.0 Å². The molecule has 1 amide bonds. The zero-order valence-corrected chi connectivity index (χ0v) is 15.5. The third-order valence-corrected chi connectivity index (χ3v) is 4.28. The minimum Gasteiger partial charge on any atom is -0.336 e. The number of anilines is 3. The predicted molar refractivity (Wildman–Crippen MR) is 108 cm³/mol. The number of nitrogens with zero attached hydrogens (tertiary/aromatic N) is 4. The summed E-state index contributed by atoms with van der Waals surface area (Å²) in [6.45, 7) is 1.82. The molecule has 2 heterocycles. The normalized spacial score (nSPS) is 10.6. The number of hydrogen-bond donors (Lipinski definition) is 2. The Balaban J connectivity index is 1.48. The summed E-state index contributed by atoms with van der Waals surface area (Å²) in [4.78, 5) is 12.2. The second kappa shape index (κ2) is 7.89. The Morgan fingerprint density at radius 3 is 2.45 bits per heavy atom. The molecule has 0 saturated heterocycles. The summed E-state index contributed by atoms with van der Waals surface area (Å²) in [6, 6.07) is 18.7. The lowest BCUT2D eigenvalue weighted by Gasteiger charge is -2.08. The fraction of sp³-hybridized carbons (Fsp3) is 0.0476. The van der Waals surface area contributed by atoms with Gasteiger partial charge in [-0.25, -0.2) is 9.07 Å². The van der Waals surface area contributed by atoms with E-state index in [4.69, 9.17) is 0 Å². The van der Waals surface area contributed by atoms with Gasteiger partial charge in [0.05, 0.1) is 17.6 Å². The lowest BCUT2D eigenvalue weighted by atomic mass is 10.3. The van der Waals surface area contributed by atoms with Crippen LogP contribution in [0.4, 0.5) is 21.6 Å². The van der Waals surface area contributed by atoms with E-state index in [9.17, 15) is 9.18 Å². The van der Waals surface area contributed by atoms with Crippen molar-refractivity contribution >= 4 is 23.1 Å². The number of aromatic nitrogens is 4. The van der Waals surface area contributed by atoms with Crippen molar-refractivity contribution in [2.24, 2.45) is 0 Å². The largest absolute Gasteiger partial charge is 0.336 e. The second-order valence-electron chi connectivity index (χ2n) is 6.26. The van der Waals surface area contributed by atoms with Gasteiger partial charge in [-0.2, -0.15) is 5.10 Å². The number of carbonyl (C=O) groups excluding carboxylic acids is 1. The molecular weight excluding hydrogens is 371 g/mol. The molecule has 0 aliphatic carbocycles. The third-order valence-electron chi connectivity index (χ3n) is 4.28. The van der Waals surface area contributed by atoms with Crippen LogP contribution in [0.2, 0.25) is 0 Å². The summed E-state index contributed by atoms with van der Waals surface area (Å²) in [7, 11) is 0. The highest BCUT2D eigenvalue weighted by atomic mass is 19.1. The van der Waals surface area contributed by atoms with Crippen molar-refractivity contribution in [2.75, 3.05) is 10.6 Å². The maximum atomic E-state index is 14.0. The van der Waals surface area contributed by atoms with Crippen molar-refractivity contribution in [2.45, 2.75) is 6.92 Å². The number of hydrogen-bond acceptors (Lipinski definition) is 5. The highest BCUT2D eigenvalue weighted by molar-refractivity contribution is 6.02. The molecule has 4 rings (SSSR count). The maximum Gasteiger partial charge on any atom is 0.276 e. The van der Waals surface area contributed by atoms with Gasteiger partial charge < -0.3 is 10.6 Å². The number of para-hydroxylation sites is 2. The Morgan fingerprint density at radius 1 is 0.966 bits per heavy atom. The van der Waals surface area contributed by atoms with Gasteiger partial charge in [-0.15, -0.1) is 10.2 Å². The van der Waals surface area contributed by atoms with E-state index in [1.165, 1.54) is 10.7 Å². The molecule has 0 fully saturated rings. The molecule has 0 atom stereocenters. The number of halogens is 1. The van der Waals surface area contributed by atoms with Crippen LogP contribution in [-0.4, -0.2) is 25.9 Å². The Kier molecular flexibility index (Phi) is 4.98. The quantitative estimate of drug-likeness (QED) is 0.538. The molecule has 0 aliphatic rings. The van der Waals surface area contributed by atoms with E-state index < -0.39 is 0 Å². The first-order chi connectivity index (χ1) is 14.1. The lowest BCUT2D eigenvalue weighted by Crippen LogP contribution is -2.14. The van der Waals surface area contributed by atoms with Crippen LogP contribution in [-0.2, 0) is 0 Å². The number of nitrogens with one attached hydrogen (secondary N) is 2. The van der Waals surface area contributed by atoms with Gasteiger partial charge >= 0.3 is 0 Å². The van der Waals surface area contributed by atoms with Crippen LogP contribution < -0.4 is 10.6 Å². The molecule has 4 aromatic rings. The zero-order chi connectivity index (χ0) is 20.2. The van der Waals surface area contributed by atoms with E-state index in [0.29, 0.717) is 28.6 Å². The monoisotopic (exact) mass is 388 g/mol. The van der Waals surface area contributed by atoms with E-state index in [-0.39, 0.29) is 17.4 Å². The van der Waals surface area contributed by atoms with Gasteiger partial charge in [0, 0.05) is 5.69 Å². The molecule has 8 heteroatoms. The van der Waals surface area contributed by atoms with Gasteiger partial charge in [-0.3, -0.25) is 4.79 Å². The van der Waals surface area contributed by atoms with Crippen molar-refractivity contribution in [1.29, 1.82) is 0 Å². The van der Waals surface area contributed by atoms with E-state index in [1.807, 2.05) is 25.1 Å². The first-order valence-corrected chi connectivity index (χ1v) is 8.88. The number of carbonyl (C=O) groups is 1. The molecule has 29 heavy (non-hydrogen) atoms. The van der Waals surface area contributed by atoms with Crippen LogP contribution in [0.15, 0.2) is 72.9 Å². The average Bonchev–Trinajstić information content (AvgIpc) is 3.10. The van der Waals surface area contributed by atoms with Gasteiger partial charge in [0.2, 0.25) is 0 Å². The second-order valence-corrected chi connectivity index (χ2v) is 6.26. The summed E-state index contributed by atoms with van der Waals surface area (Å²) in [5.74, 6) is -0.268. The first kappa shape index (κ1) is 18.3. The fourth-order valence-electron chi connectivity index (χ4n) is 2.77. The summed E-state index contributed by atoms with van der Waals surface area (Å²) in [5.41, 5.74) is 2.60. The molecule has 7 nitrogen and oxygen atoms in total. The van der Waals surface area contributed by atoms with E-state index in [0.717, 1.165) is 0 Å². The van der Waals surface area contributed by atoms with E-state index in [2.05, 4.69) is 25.9 Å². The van der Waals surface area contributed by atoms with E-state index >= 15 is 0 Å². The predicted octanol–water partition coefficient (Wildman–Crippen LogP) is 4.11. The van der Waals surface area contributed by atoms with Gasteiger partial charge in [-0.05, 0) is 43.3 Å². The van der Waals surface area contributed by atoms with Crippen molar-refractivity contribution < 1.29 is 9.18 Å². The van der Waals surface area contributed by atoms with Gasteiger partial charge in [0.1, 0.15) is 11.5 Å². The van der Waals surface area contributed by atoms with Crippen molar-refractivity contribution in [3.8, 4) is 5.69 Å². The minimum absolute atomic E-state index is 0.193. The van der Waals surface area contributed by atoms with Crippen LogP contribution in [0.25, 0.3) is 5.69 Å². The van der Waals surface area contributed by atoms with Crippen molar-refractivity contribution in [3.63, 3.8) is 0 Å². The summed E-state index contributed by atoms with van der Waals surface area (Å²) < 4.78 is 15.5. The molecule has 2 aromatic heterocycles. The number of benzene rings is 2. The highest BCUT2D eigenvalue weighted by Crippen LogP contribution is 2.22. The molecule has 0 saturated carbocycles. The maximum absolute atomic E-state index is 14.0. The molecule has 0 spiro atoms. The Hall–Kier alpha value is -4.07. The van der Waals surface area contributed by atoms with Gasteiger partial charge in [0.15, 0.2) is 11.5 Å². The minimum atomic E-state index is -0.362. The average molecular weight is 388 g/mol.